The van der Waals surface area contributed by atoms with Crippen LogP contribution in [-0.2, 0) is 20.9 Å². The number of aromatic nitrogens is 1. The Hall–Kier alpha value is -3.41. The van der Waals surface area contributed by atoms with Gasteiger partial charge in [0.1, 0.15) is 12.4 Å². The van der Waals surface area contributed by atoms with E-state index < -0.39 is 11.9 Å². The third-order valence-electron chi connectivity index (χ3n) is 6.03. The van der Waals surface area contributed by atoms with Crippen molar-refractivity contribution in [3.63, 3.8) is 0 Å². The van der Waals surface area contributed by atoms with Gasteiger partial charge >= 0.3 is 5.97 Å². The lowest BCUT2D eigenvalue weighted by atomic mass is 9.68. The number of pyridine rings is 1. The monoisotopic (exact) mass is 432 g/mol. The van der Waals surface area contributed by atoms with Crippen molar-refractivity contribution in [2.45, 2.75) is 46.1 Å². The first-order valence-corrected chi connectivity index (χ1v) is 10.7. The van der Waals surface area contributed by atoms with Crippen LogP contribution in [0.4, 0.5) is 0 Å². The number of nitrogens with one attached hydrogen (secondary N) is 1. The summed E-state index contributed by atoms with van der Waals surface area (Å²) in [5.41, 5.74) is 4.34. The number of dihydropyridines is 1. The van der Waals surface area contributed by atoms with Crippen LogP contribution in [0.2, 0.25) is 0 Å². The zero-order chi connectivity index (χ0) is 22.9. The van der Waals surface area contributed by atoms with E-state index in [0.29, 0.717) is 17.6 Å². The highest BCUT2D eigenvalue weighted by Crippen LogP contribution is 2.46. The van der Waals surface area contributed by atoms with Crippen LogP contribution in [0.1, 0.15) is 50.7 Å². The SMILES string of the molecule is COc1ccc(COC(=O)C2=C(C)NC3=C(C(=O)CC(C)(C)C3)[C@H]2c2ccncc2)cc1. The molecule has 1 aromatic carbocycles. The Morgan fingerprint density at radius 2 is 1.81 bits per heavy atom. The Labute approximate surface area is 188 Å². The molecule has 0 amide bonds. The smallest absolute Gasteiger partial charge is 0.337 e. The van der Waals surface area contributed by atoms with E-state index >= 15 is 0 Å². The van der Waals surface area contributed by atoms with Gasteiger partial charge in [0.05, 0.1) is 12.7 Å². The zero-order valence-corrected chi connectivity index (χ0v) is 18.9. The Morgan fingerprint density at radius 3 is 2.47 bits per heavy atom. The number of hydrogen-bond acceptors (Lipinski definition) is 6. The molecule has 0 unspecified atom stereocenters. The number of rotatable bonds is 5. The molecule has 0 saturated carbocycles. The Balaban J connectivity index is 1.66. The summed E-state index contributed by atoms with van der Waals surface area (Å²) in [4.78, 5) is 30.7. The summed E-state index contributed by atoms with van der Waals surface area (Å²) >= 11 is 0. The number of methoxy groups -OCH3 is 1. The quantitative estimate of drug-likeness (QED) is 0.704. The number of ether oxygens (including phenoxy) is 2. The summed E-state index contributed by atoms with van der Waals surface area (Å²) in [6, 6.07) is 11.1. The standard InChI is InChI=1S/C26H28N2O4/c1-16-22(25(30)32-15-17-5-7-19(31-4)8-6-17)23(18-9-11-27-12-10-18)24-20(28-16)13-26(2,3)14-21(24)29/h5-12,23,28H,13-15H2,1-4H3/t23-/m0/s1. The molecule has 6 heteroatoms. The highest BCUT2D eigenvalue weighted by Gasteiger charge is 2.43. The predicted octanol–water partition coefficient (Wildman–Crippen LogP) is 4.44. The minimum Gasteiger partial charge on any atom is -0.497 e. The number of esters is 1. The van der Waals surface area contributed by atoms with Gasteiger partial charge in [0.25, 0.3) is 0 Å². The van der Waals surface area contributed by atoms with Crippen molar-refractivity contribution in [3.8, 4) is 5.75 Å². The third-order valence-corrected chi connectivity index (χ3v) is 6.03. The molecule has 2 aliphatic rings. The molecule has 0 bridgehead atoms. The fraction of sp³-hybridized carbons (Fsp3) is 0.346. The molecular weight excluding hydrogens is 404 g/mol. The van der Waals surface area contributed by atoms with Crippen molar-refractivity contribution in [1.82, 2.24) is 10.3 Å². The number of carbonyl (C=O) groups excluding carboxylic acids is 2. The molecule has 0 radical (unpaired) electrons. The third kappa shape index (κ3) is 4.31. The van der Waals surface area contributed by atoms with E-state index in [1.165, 1.54) is 0 Å². The van der Waals surface area contributed by atoms with E-state index in [2.05, 4.69) is 24.1 Å². The first-order chi connectivity index (χ1) is 15.3. The molecule has 166 valence electrons. The van der Waals surface area contributed by atoms with E-state index in [9.17, 15) is 9.59 Å². The van der Waals surface area contributed by atoms with Gasteiger partial charge in [0.2, 0.25) is 0 Å². The molecule has 6 nitrogen and oxygen atoms in total. The molecule has 2 heterocycles. The van der Waals surface area contributed by atoms with E-state index in [1.807, 2.05) is 43.3 Å². The van der Waals surface area contributed by atoms with Crippen molar-refractivity contribution < 1.29 is 19.1 Å². The Bertz CT molecular complexity index is 1100. The molecule has 1 aliphatic carbocycles. The van der Waals surface area contributed by atoms with Crippen LogP contribution in [0.3, 0.4) is 0 Å². The maximum atomic E-state index is 13.3. The second kappa shape index (κ2) is 8.61. The number of carbonyl (C=O) groups is 2. The number of allylic oxidation sites excluding steroid dienone is 3. The van der Waals surface area contributed by atoms with E-state index in [0.717, 1.165) is 34.7 Å². The van der Waals surface area contributed by atoms with Crippen LogP contribution < -0.4 is 10.1 Å². The minimum absolute atomic E-state index is 0.0681. The average molecular weight is 433 g/mol. The summed E-state index contributed by atoms with van der Waals surface area (Å²) in [5.74, 6) is -0.0948. The number of benzene rings is 1. The molecule has 2 aromatic rings. The molecule has 1 N–H and O–H groups in total. The lowest BCUT2D eigenvalue weighted by Gasteiger charge is -2.39. The maximum Gasteiger partial charge on any atom is 0.337 e. The first kappa shape index (κ1) is 21.8. The van der Waals surface area contributed by atoms with Crippen molar-refractivity contribution in [3.05, 3.63) is 82.5 Å². The van der Waals surface area contributed by atoms with Gasteiger partial charge in [-0.25, -0.2) is 4.79 Å². The summed E-state index contributed by atoms with van der Waals surface area (Å²) in [6.07, 6.45) is 4.57. The topological polar surface area (TPSA) is 77.5 Å². The second-order valence-electron chi connectivity index (χ2n) is 9.13. The van der Waals surface area contributed by atoms with Crippen molar-refractivity contribution in [2.75, 3.05) is 7.11 Å². The minimum atomic E-state index is -0.471. The second-order valence-corrected chi connectivity index (χ2v) is 9.13. The molecular formula is C26H28N2O4. The van der Waals surface area contributed by atoms with Crippen molar-refractivity contribution >= 4 is 11.8 Å². The van der Waals surface area contributed by atoms with Crippen LogP contribution in [0.15, 0.2) is 71.3 Å². The number of Topliss-reactive ketones (excluding diaryl/α,β-unsaturated/α-hetero) is 1. The highest BCUT2D eigenvalue weighted by molar-refractivity contribution is 6.04. The maximum absolute atomic E-state index is 13.3. The van der Waals surface area contributed by atoms with Crippen LogP contribution in [0.5, 0.6) is 5.75 Å². The lowest BCUT2D eigenvalue weighted by Crippen LogP contribution is -2.38. The van der Waals surface area contributed by atoms with Crippen LogP contribution in [0.25, 0.3) is 0 Å². The number of ketones is 1. The highest BCUT2D eigenvalue weighted by atomic mass is 16.5. The summed E-state index contributed by atoms with van der Waals surface area (Å²) in [6.45, 7) is 6.19. The van der Waals surface area contributed by atoms with E-state index in [4.69, 9.17) is 9.47 Å². The summed E-state index contributed by atoms with van der Waals surface area (Å²) in [5, 5.41) is 3.35. The predicted molar refractivity (Wildman–Crippen MR) is 121 cm³/mol. The average Bonchev–Trinajstić information content (AvgIpc) is 2.76. The molecule has 1 aromatic heterocycles. The molecule has 4 rings (SSSR count). The number of nitrogens with zero attached hydrogens (tertiary/aromatic N) is 1. The first-order valence-electron chi connectivity index (χ1n) is 10.7. The summed E-state index contributed by atoms with van der Waals surface area (Å²) in [7, 11) is 1.61. The molecule has 0 saturated heterocycles. The van der Waals surface area contributed by atoms with Gasteiger partial charge in [-0.1, -0.05) is 26.0 Å². The molecule has 0 fully saturated rings. The fourth-order valence-electron chi connectivity index (χ4n) is 4.54. The van der Waals surface area contributed by atoms with Gasteiger partial charge in [0.15, 0.2) is 5.78 Å². The van der Waals surface area contributed by atoms with Crippen LogP contribution in [-0.4, -0.2) is 23.8 Å². The summed E-state index contributed by atoms with van der Waals surface area (Å²) < 4.78 is 10.9. The molecule has 1 atom stereocenters. The van der Waals surface area contributed by atoms with Gasteiger partial charge in [-0.05, 0) is 54.2 Å². The fourth-order valence-corrected chi connectivity index (χ4v) is 4.54. The van der Waals surface area contributed by atoms with Gasteiger partial charge < -0.3 is 14.8 Å². The van der Waals surface area contributed by atoms with E-state index in [1.54, 1.807) is 19.5 Å². The zero-order valence-electron chi connectivity index (χ0n) is 18.9. The Morgan fingerprint density at radius 1 is 1.12 bits per heavy atom. The molecule has 0 spiro atoms. The number of hydrogen-bond donors (Lipinski definition) is 1. The normalized spacial score (nSPS) is 19.9. The van der Waals surface area contributed by atoms with Crippen molar-refractivity contribution in [1.29, 1.82) is 0 Å². The van der Waals surface area contributed by atoms with Crippen LogP contribution >= 0.6 is 0 Å². The Kier molecular flexibility index (Phi) is 5.87. The van der Waals surface area contributed by atoms with Crippen molar-refractivity contribution in [2.24, 2.45) is 5.41 Å². The van der Waals surface area contributed by atoms with Gasteiger partial charge in [0, 0.05) is 41.7 Å². The van der Waals surface area contributed by atoms with Gasteiger partial charge in [-0.3, -0.25) is 9.78 Å². The van der Waals surface area contributed by atoms with Gasteiger partial charge in [-0.2, -0.15) is 0 Å². The molecule has 1 aliphatic heterocycles. The van der Waals surface area contributed by atoms with E-state index in [-0.39, 0.29) is 17.8 Å². The van der Waals surface area contributed by atoms with Crippen LogP contribution in [0, 0.1) is 5.41 Å². The van der Waals surface area contributed by atoms with Gasteiger partial charge in [-0.15, -0.1) is 0 Å². The molecule has 32 heavy (non-hydrogen) atoms. The largest absolute Gasteiger partial charge is 0.497 e. The lowest BCUT2D eigenvalue weighted by molar-refractivity contribution is -0.140.